The number of thioether (sulfide) groups is 1. The first kappa shape index (κ1) is 26.6. The van der Waals surface area contributed by atoms with Crippen LogP contribution in [0.2, 0.25) is 0 Å². The third kappa shape index (κ3) is 4.57. The van der Waals surface area contributed by atoms with Crippen molar-refractivity contribution in [3.8, 4) is 0 Å². The summed E-state index contributed by atoms with van der Waals surface area (Å²) in [6.45, 7) is 3.53. The maximum atomic E-state index is 13.3. The van der Waals surface area contributed by atoms with Crippen LogP contribution in [0.25, 0.3) is 0 Å². The number of aromatic nitrogens is 1. The van der Waals surface area contributed by atoms with Gasteiger partial charge in [0.2, 0.25) is 11.8 Å². The van der Waals surface area contributed by atoms with Gasteiger partial charge in [0.05, 0.1) is 10.4 Å². The normalized spacial score (nSPS) is 28.0. The van der Waals surface area contributed by atoms with Gasteiger partial charge in [0.1, 0.15) is 17.5 Å². The standard InChI is InChI=1S/C20H26N8O7S2/c1-3-26-4-5-27(15(32)14(26)31)19(35)25-10(8-6-36-18(22)24-8)12(29)23-7-20(2)11(17(33)34)28-13(30)9(21)16(28)37-20/h6,9-11,16H,3-5,7,21H2,1-2H3,(H2,22,24)(H,23,29)(H,25,35)(H,33,34)/t9-,10?,11+,16-,20?/m1/s1. The quantitative estimate of drug-likeness (QED) is 0.179. The van der Waals surface area contributed by atoms with E-state index in [4.69, 9.17) is 11.5 Å². The Bertz CT molecular complexity index is 1180. The Kier molecular flexibility index (Phi) is 7.04. The number of fused-ring (bicyclic) bond motifs is 1. The van der Waals surface area contributed by atoms with Crippen LogP contribution in [0.1, 0.15) is 25.6 Å². The smallest absolute Gasteiger partial charge is 0.327 e. The summed E-state index contributed by atoms with van der Waals surface area (Å²) in [5.41, 5.74) is 11.6. The van der Waals surface area contributed by atoms with Crippen molar-refractivity contribution in [2.45, 2.75) is 42.1 Å². The lowest BCUT2D eigenvalue weighted by Gasteiger charge is -2.41. The van der Waals surface area contributed by atoms with Gasteiger partial charge in [-0.1, -0.05) is 0 Å². The number of nitrogen functional groups attached to an aromatic ring is 1. The molecule has 1 aromatic heterocycles. The monoisotopic (exact) mass is 554 g/mol. The lowest BCUT2D eigenvalue weighted by molar-refractivity contribution is -0.159. The Morgan fingerprint density at radius 3 is 2.57 bits per heavy atom. The molecule has 3 fully saturated rings. The Labute approximate surface area is 218 Å². The minimum atomic E-state index is -1.40. The number of amides is 6. The van der Waals surface area contributed by atoms with Crippen LogP contribution < -0.4 is 22.1 Å². The van der Waals surface area contributed by atoms with Crippen molar-refractivity contribution in [1.29, 1.82) is 0 Å². The van der Waals surface area contributed by atoms with Crippen molar-refractivity contribution in [3.63, 3.8) is 0 Å². The summed E-state index contributed by atoms with van der Waals surface area (Å²) in [4.78, 5) is 82.2. The highest BCUT2D eigenvalue weighted by molar-refractivity contribution is 8.01. The second-order valence-corrected chi connectivity index (χ2v) is 11.4. The van der Waals surface area contributed by atoms with Crippen molar-refractivity contribution in [2.24, 2.45) is 5.73 Å². The number of anilines is 1. The van der Waals surface area contributed by atoms with Crippen molar-refractivity contribution in [2.75, 3.05) is 31.9 Å². The summed E-state index contributed by atoms with van der Waals surface area (Å²) >= 11 is 2.20. The number of hydrogen-bond acceptors (Lipinski definition) is 11. The number of carbonyl (C=O) groups excluding carboxylic acids is 5. The molecule has 7 N–H and O–H groups in total. The Morgan fingerprint density at radius 2 is 1.97 bits per heavy atom. The summed E-state index contributed by atoms with van der Waals surface area (Å²) < 4.78 is -1.12. The van der Waals surface area contributed by atoms with E-state index in [0.29, 0.717) is 6.54 Å². The predicted octanol–water partition coefficient (Wildman–Crippen LogP) is -2.26. The van der Waals surface area contributed by atoms with Gasteiger partial charge in [-0.15, -0.1) is 23.1 Å². The van der Waals surface area contributed by atoms with Crippen LogP contribution in [0.3, 0.4) is 0 Å². The van der Waals surface area contributed by atoms with E-state index in [2.05, 4.69) is 15.6 Å². The minimum absolute atomic E-state index is 0.0572. The molecule has 3 aliphatic rings. The topological polar surface area (TPSA) is 221 Å². The molecule has 17 heteroatoms. The molecule has 3 saturated heterocycles. The third-order valence-electron chi connectivity index (χ3n) is 6.52. The minimum Gasteiger partial charge on any atom is -0.480 e. The fraction of sp³-hybridized carbons (Fsp3) is 0.550. The number of carboxylic acids is 1. The van der Waals surface area contributed by atoms with Crippen LogP contribution in [-0.4, -0.2) is 109 Å². The molecule has 0 aromatic carbocycles. The van der Waals surface area contributed by atoms with Crippen LogP contribution in [-0.2, 0) is 24.0 Å². The summed E-state index contributed by atoms with van der Waals surface area (Å²) in [7, 11) is 0. The predicted molar refractivity (Wildman–Crippen MR) is 131 cm³/mol. The number of nitrogens with two attached hydrogens (primary N) is 2. The van der Waals surface area contributed by atoms with Gasteiger partial charge in [0.15, 0.2) is 11.2 Å². The molecule has 0 saturated carbocycles. The lowest BCUT2D eigenvalue weighted by Crippen LogP contribution is -2.69. The zero-order valence-electron chi connectivity index (χ0n) is 19.9. The number of nitrogens with one attached hydrogen (secondary N) is 2. The highest BCUT2D eigenvalue weighted by Gasteiger charge is 2.64. The molecule has 1 aromatic rings. The number of carbonyl (C=O) groups is 6. The largest absolute Gasteiger partial charge is 0.480 e. The fourth-order valence-corrected chi connectivity index (χ4v) is 6.75. The second kappa shape index (κ2) is 9.79. The van der Waals surface area contributed by atoms with Gasteiger partial charge in [-0.2, -0.15) is 0 Å². The Balaban J connectivity index is 1.50. The van der Waals surface area contributed by atoms with Crippen molar-refractivity contribution < 1.29 is 33.9 Å². The highest BCUT2D eigenvalue weighted by Crippen LogP contribution is 2.50. The van der Waals surface area contributed by atoms with Crippen molar-refractivity contribution in [1.82, 2.24) is 30.3 Å². The molecular formula is C20H26N8O7S2. The number of carboxylic acid groups (broad SMARTS) is 1. The SMILES string of the molecule is CCN1CCN(C(=O)NC(C(=O)NCC2(C)S[C@@H]3[C@H](N)C(=O)N3[C@H]2C(=O)O)c2csc(N)n2)C(=O)C1=O. The van der Waals surface area contributed by atoms with Gasteiger partial charge in [-0.3, -0.25) is 24.1 Å². The molecule has 15 nitrogen and oxygen atoms in total. The highest BCUT2D eigenvalue weighted by atomic mass is 32.2. The van der Waals surface area contributed by atoms with Crippen LogP contribution in [0.15, 0.2) is 5.38 Å². The van der Waals surface area contributed by atoms with Crippen molar-refractivity contribution >= 4 is 63.9 Å². The zero-order chi connectivity index (χ0) is 27.2. The van der Waals surface area contributed by atoms with E-state index in [-0.39, 0.29) is 30.5 Å². The molecule has 0 bridgehead atoms. The number of β-lactam (4-membered cyclic amide) rings is 1. The number of aliphatic carboxylic acids is 1. The number of hydrogen-bond donors (Lipinski definition) is 5. The number of imide groups is 1. The number of thiazole rings is 1. The number of nitrogens with zero attached hydrogens (tertiary/aromatic N) is 4. The van der Waals surface area contributed by atoms with E-state index in [0.717, 1.165) is 16.2 Å². The van der Waals surface area contributed by atoms with Gasteiger partial charge >= 0.3 is 23.8 Å². The van der Waals surface area contributed by atoms with E-state index in [1.54, 1.807) is 13.8 Å². The molecule has 37 heavy (non-hydrogen) atoms. The van der Waals surface area contributed by atoms with E-state index >= 15 is 0 Å². The maximum Gasteiger partial charge on any atom is 0.327 e. The third-order valence-corrected chi connectivity index (χ3v) is 8.88. The molecule has 4 rings (SSSR count). The summed E-state index contributed by atoms with van der Waals surface area (Å²) in [5.74, 6) is -4.32. The molecule has 5 atom stereocenters. The average Bonchev–Trinajstić information content (AvgIpc) is 3.41. The molecule has 200 valence electrons. The fourth-order valence-electron chi connectivity index (χ4n) is 4.51. The van der Waals surface area contributed by atoms with E-state index < -0.39 is 63.9 Å². The molecular weight excluding hydrogens is 528 g/mol. The van der Waals surface area contributed by atoms with Gasteiger partial charge in [-0.25, -0.2) is 14.6 Å². The summed E-state index contributed by atoms with van der Waals surface area (Å²) in [5, 5.41) is 15.9. The van der Waals surface area contributed by atoms with Gasteiger partial charge in [0.25, 0.3) is 0 Å². The first-order valence-corrected chi connectivity index (χ1v) is 13.0. The van der Waals surface area contributed by atoms with Gasteiger partial charge < -0.3 is 37.0 Å². The molecule has 6 amide bonds. The van der Waals surface area contributed by atoms with E-state index in [1.807, 2.05) is 0 Å². The summed E-state index contributed by atoms with van der Waals surface area (Å²) in [6, 6.07) is -4.42. The summed E-state index contributed by atoms with van der Waals surface area (Å²) in [6.07, 6.45) is 0. The lowest BCUT2D eigenvalue weighted by atomic mass is 9.94. The maximum absolute atomic E-state index is 13.3. The first-order valence-electron chi connectivity index (χ1n) is 11.3. The molecule has 2 unspecified atom stereocenters. The average molecular weight is 555 g/mol. The molecule has 0 radical (unpaired) electrons. The van der Waals surface area contributed by atoms with Crippen LogP contribution >= 0.6 is 23.1 Å². The van der Waals surface area contributed by atoms with Gasteiger partial charge in [0, 0.05) is 31.6 Å². The van der Waals surface area contributed by atoms with Crippen LogP contribution in [0.5, 0.6) is 0 Å². The Hall–Kier alpha value is -3.44. The zero-order valence-corrected chi connectivity index (χ0v) is 21.5. The molecule has 3 aliphatic heterocycles. The Morgan fingerprint density at radius 1 is 1.27 bits per heavy atom. The number of likely N-dealkylation sites (N-methyl/N-ethyl adjacent to an activating group) is 1. The van der Waals surface area contributed by atoms with Crippen molar-refractivity contribution in [3.05, 3.63) is 11.1 Å². The number of urea groups is 1. The van der Waals surface area contributed by atoms with E-state index in [9.17, 15) is 33.9 Å². The second-order valence-electron chi connectivity index (χ2n) is 8.89. The molecule has 0 aliphatic carbocycles. The number of rotatable bonds is 7. The number of piperazine rings is 1. The van der Waals surface area contributed by atoms with Gasteiger partial charge in [-0.05, 0) is 13.8 Å². The van der Waals surface area contributed by atoms with Crippen LogP contribution in [0.4, 0.5) is 9.93 Å². The first-order chi connectivity index (χ1) is 17.4. The van der Waals surface area contributed by atoms with E-state index in [1.165, 1.54) is 26.9 Å². The molecule has 4 heterocycles. The van der Waals surface area contributed by atoms with Crippen LogP contribution in [0, 0.1) is 0 Å². The molecule has 0 spiro atoms.